The fourth-order valence-electron chi connectivity index (χ4n) is 2.89. The molecule has 2 N–H and O–H groups in total. The first-order valence-corrected chi connectivity index (χ1v) is 7.04. The van der Waals surface area contributed by atoms with E-state index in [1.165, 1.54) is 43.2 Å². The molecule has 1 fully saturated rings. The summed E-state index contributed by atoms with van der Waals surface area (Å²) in [4.78, 5) is 0. The van der Waals surface area contributed by atoms with Gasteiger partial charge >= 0.3 is 0 Å². The molecule has 0 saturated heterocycles. The minimum Gasteiger partial charge on any atom is -0.324 e. The molecule has 1 nitrogen and oxygen atoms in total. The minimum atomic E-state index is 0.244. The number of rotatable bonds is 3. The quantitative estimate of drug-likeness (QED) is 0.820. The summed E-state index contributed by atoms with van der Waals surface area (Å²) in [6, 6.07) is 9.12. The Morgan fingerprint density at radius 2 is 1.71 bits per heavy atom. The molecule has 1 aliphatic carbocycles. The summed E-state index contributed by atoms with van der Waals surface area (Å²) in [6.45, 7) is 4.48. The van der Waals surface area contributed by atoms with Crippen LogP contribution in [0.25, 0.3) is 0 Å². The standard InChI is InChI=1S/C16H25N/c1-12(2)14-9-6-10-15(11-14)16(17)13-7-4-3-5-8-13/h6,9-13,16H,3-5,7-8,17H2,1-2H3/t16-/m0/s1. The predicted molar refractivity (Wildman–Crippen MR) is 74.0 cm³/mol. The molecule has 0 amide bonds. The minimum absolute atomic E-state index is 0.244. The summed E-state index contributed by atoms with van der Waals surface area (Å²) in [5.74, 6) is 1.29. The van der Waals surface area contributed by atoms with Gasteiger partial charge in [-0.25, -0.2) is 0 Å². The van der Waals surface area contributed by atoms with Crippen LogP contribution < -0.4 is 5.73 Å². The van der Waals surface area contributed by atoms with E-state index in [-0.39, 0.29) is 6.04 Å². The summed E-state index contributed by atoms with van der Waals surface area (Å²) in [5.41, 5.74) is 9.19. The zero-order chi connectivity index (χ0) is 12.3. The lowest BCUT2D eigenvalue weighted by molar-refractivity contribution is 0.308. The van der Waals surface area contributed by atoms with Crippen LogP contribution >= 0.6 is 0 Å². The third-order valence-corrected chi connectivity index (χ3v) is 4.12. The van der Waals surface area contributed by atoms with Gasteiger partial charge in [0.15, 0.2) is 0 Å². The molecule has 0 spiro atoms. The van der Waals surface area contributed by atoms with Crippen molar-refractivity contribution in [2.45, 2.75) is 57.9 Å². The largest absolute Gasteiger partial charge is 0.324 e. The first kappa shape index (κ1) is 12.6. The highest BCUT2D eigenvalue weighted by Gasteiger charge is 2.21. The monoisotopic (exact) mass is 231 g/mol. The van der Waals surface area contributed by atoms with Crippen molar-refractivity contribution in [3.05, 3.63) is 35.4 Å². The van der Waals surface area contributed by atoms with Crippen LogP contribution in [0.3, 0.4) is 0 Å². The first-order valence-electron chi connectivity index (χ1n) is 7.04. The third-order valence-electron chi connectivity index (χ3n) is 4.12. The van der Waals surface area contributed by atoms with Gasteiger partial charge in [-0.3, -0.25) is 0 Å². The normalized spacial score (nSPS) is 19.5. The second-order valence-electron chi connectivity index (χ2n) is 5.75. The van der Waals surface area contributed by atoms with E-state index in [0.717, 1.165) is 0 Å². The summed E-state index contributed by atoms with van der Waals surface area (Å²) in [6.07, 6.45) is 6.75. The van der Waals surface area contributed by atoms with Crippen LogP contribution in [0.2, 0.25) is 0 Å². The Morgan fingerprint density at radius 3 is 2.35 bits per heavy atom. The van der Waals surface area contributed by atoms with Gasteiger partial charge in [0, 0.05) is 6.04 Å². The van der Waals surface area contributed by atoms with Crippen LogP contribution in [0.15, 0.2) is 24.3 Å². The Balaban J connectivity index is 2.12. The van der Waals surface area contributed by atoms with E-state index in [1.54, 1.807) is 0 Å². The first-order chi connectivity index (χ1) is 8.18. The van der Waals surface area contributed by atoms with Crippen molar-refractivity contribution >= 4 is 0 Å². The molecule has 0 bridgehead atoms. The lowest BCUT2D eigenvalue weighted by Crippen LogP contribution is -2.23. The summed E-state index contributed by atoms with van der Waals surface area (Å²) in [7, 11) is 0. The number of hydrogen-bond acceptors (Lipinski definition) is 1. The third kappa shape index (κ3) is 3.10. The van der Waals surface area contributed by atoms with Crippen molar-refractivity contribution in [2.24, 2.45) is 11.7 Å². The molecule has 1 saturated carbocycles. The molecule has 0 aliphatic heterocycles. The lowest BCUT2D eigenvalue weighted by Gasteiger charge is -2.28. The van der Waals surface area contributed by atoms with Gasteiger partial charge in [0.05, 0.1) is 0 Å². The van der Waals surface area contributed by atoms with Gasteiger partial charge < -0.3 is 5.73 Å². The Kier molecular flexibility index (Phi) is 4.22. The van der Waals surface area contributed by atoms with E-state index in [2.05, 4.69) is 38.1 Å². The molecule has 1 aromatic carbocycles. The van der Waals surface area contributed by atoms with Crippen molar-refractivity contribution in [2.75, 3.05) is 0 Å². The van der Waals surface area contributed by atoms with Gasteiger partial charge in [-0.05, 0) is 35.8 Å². The average molecular weight is 231 g/mol. The number of hydrogen-bond donors (Lipinski definition) is 1. The fraction of sp³-hybridized carbons (Fsp3) is 0.625. The van der Waals surface area contributed by atoms with Gasteiger partial charge in [-0.1, -0.05) is 57.4 Å². The second kappa shape index (κ2) is 5.68. The summed E-state index contributed by atoms with van der Waals surface area (Å²) in [5, 5.41) is 0. The number of benzene rings is 1. The van der Waals surface area contributed by atoms with E-state index < -0.39 is 0 Å². The van der Waals surface area contributed by atoms with Gasteiger partial charge in [0.1, 0.15) is 0 Å². The van der Waals surface area contributed by atoms with Crippen LogP contribution in [0, 0.1) is 5.92 Å². The molecule has 0 heterocycles. The van der Waals surface area contributed by atoms with Crippen LogP contribution in [0.4, 0.5) is 0 Å². The van der Waals surface area contributed by atoms with Crippen molar-refractivity contribution in [3.8, 4) is 0 Å². The maximum atomic E-state index is 6.44. The number of nitrogens with two attached hydrogens (primary N) is 1. The van der Waals surface area contributed by atoms with Crippen LogP contribution in [0.5, 0.6) is 0 Å². The molecule has 1 atom stereocenters. The molecule has 94 valence electrons. The van der Waals surface area contributed by atoms with E-state index in [1.807, 2.05) is 0 Å². The van der Waals surface area contributed by atoms with Gasteiger partial charge in [-0.2, -0.15) is 0 Å². The Morgan fingerprint density at radius 1 is 1.06 bits per heavy atom. The molecule has 17 heavy (non-hydrogen) atoms. The van der Waals surface area contributed by atoms with Crippen molar-refractivity contribution < 1.29 is 0 Å². The van der Waals surface area contributed by atoms with Gasteiger partial charge in [0.2, 0.25) is 0 Å². The SMILES string of the molecule is CC(C)c1cccc([C@@H](N)C2CCCCC2)c1. The molecule has 2 rings (SSSR count). The molecule has 0 radical (unpaired) electrons. The van der Waals surface area contributed by atoms with Gasteiger partial charge in [0.25, 0.3) is 0 Å². The maximum absolute atomic E-state index is 6.44. The summed E-state index contributed by atoms with van der Waals surface area (Å²) < 4.78 is 0. The smallest absolute Gasteiger partial charge is 0.0323 e. The Bertz CT molecular complexity index is 350. The molecule has 1 aliphatic rings. The molecule has 0 unspecified atom stereocenters. The highest BCUT2D eigenvalue weighted by molar-refractivity contribution is 5.28. The van der Waals surface area contributed by atoms with E-state index >= 15 is 0 Å². The van der Waals surface area contributed by atoms with Crippen LogP contribution in [-0.2, 0) is 0 Å². The molecule has 0 aromatic heterocycles. The molecular formula is C16H25N. The average Bonchev–Trinajstić information content (AvgIpc) is 2.39. The van der Waals surface area contributed by atoms with Crippen molar-refractivity contribution in [1.29, 1.82) is 0 Å². The van der Waals surface area contributed by atoms with E-state index in [4.69, 9.17) is 5.73 Å². The highest BCUT2D eigenvalue weighted by atomic mass is 14.7. The summed E-state index contributed by atoms with van der Waals surface area (Å²) >= 11 is 0. The zero-order valence-electron chi connectivity index (χ0n) is 11.2. The zero-order valence-corrected chi connectivity index (χ0v) is 11.2. The fourth-order valence-corrected chi connectivity index (χ4v) is 2.89. The van der Waals surface area contributed by atoms with Gasteiger partial charge in [-0.15, -0.1) is 0 Å². The molecule has 1 heteroatoms. The Hall–Kier alpha value is -0.820. The van der Waals surface area contributed by atoms with Crippen molar-refractivity contribution in [3.63, 3.8) is 0 Å². The van der Waals surface area contributed by atoms with Crippen LogP contribution in [0.1, 0.15) is 69.0 Å². The topological polar surface area (TPSA) is 26.0 Å². The van der Waals surface area contributed by atoms with Crippen molar-refractivity contribution in [1.82, 2.24) is 0 Å². The highest BCUT2D eigenvalue weighted by Crippen LogP contribution is 2.33. The van der Waals surface area contributed by atoms with Crippen LogP contribution in [-0.4, -0.2) is 0 Å². The maximum Gasteiger partial charge on any atom is 0.0323 e. The Labute approximate surface area is 105 Å². The molecular weight excluding hydrogens is 206 g/mol. The lowest BCUT2D eigenvalue weighted by atomic mass is 9.81. The van der Waals surface area contributed by atoms with E-state index in [9.17, 15) is 0 Å². The second-order valence-corrected chi connectivity index (χ2v) is 5.75. The molecule has 1 aromatic rings. The predicted octanol–water partition coefficient (Wildman–Crippen LogP) is 4.39. The van der Waals surface area contributed by atoms with E-state index in [0.29, 0.717) is 11.8 Å².